The lowest BCUT2D eigenvalue weighted by Crippen LogP contribution is -2.47. The molecule has 1 aliphatic rings. The summed E-state index contributed by atoms with van der Waals surface area (Å²) in [5.74, 6) is 1.24. The van der Waals surface area contributed by atoms with E-state index >= 15 is 0 Å². The first-order chi connectivity index (χ1) is 6.90. The van der Waals surface area contributed by atoms with E-state index in [1.54, 1.807) is 0 Å². The third kappa shape index (κ3) is 2.88. The minimum absolute atomic E-state index is 0.0362. The normalized spacial score (nSPS) is 24.7. The number of nitrogens with zero attached hydrogens (tertiary/aromatic N) is 1. The Kier molecular flexibility index (Phi) is 4.06. The van der Waals surface area contributed by atoms with Crippen LogP contribution < -0.4 is 0 Å². The molecule has 1 rings (SSSR count). The number of hydrogen-bond donors (Lipinski definition) is 2. The van der Waals surface area contributed by atoms with Crippen LogP contribution in [0.15, 0.2) is 0 Å². The zero-order valence-electron chi connectivity index (χ0n) is 9.73. The van der Waals surface area contributed by atoms with Crippen molar-refractivity contribution in [2.75, 3.05) is 18.9 Å². The second-order valence-corrected chi connectivity index (χ2v) is 5.73. The van der Waals surface area contributed by atoms with Crippen molar-refractivity contribution in [1.29, 1.82) is 0 Å². The Morgan fingerprint density at radius 2 is 2.20 bits per heavy atom. The zero-order valence-corrected chi connectivity index (χ0v) is 10.6. The van der Waals surface area contributed by atoms with Gasteiger partial charge in [0.1, 0.15) is 0 Å². The lowest BCUT2D eigenvalue weighted by Gasteiger charge is -2.36. The van der Waals surface area contributed by atoms with Gasteiger partial charge in [0.05, 0.1) is 12.6 Å². The Bertz CT molecular complexity index is 237. The van der Waals surface area contributed by atoms with Crippen LogP contribution in [0.3, 0.4) is 0 Å². The Morgan fingerprint density at radius 1 is 1.60 bits per heavy atom. The van der Waals surface area contributed by atoms with Crippen molar-refractivity contribution in [1.82, 2.24) is 4.90 Å². The van der Waals surface area contributed by atoms with Crippen molar-refractivity contribution in [3.8, 4) is 0 Å². The monoisotopic (exact) mass is 231 g/mol. The number of hydrogen-bond acceptors (Lipinski definition) is 3. The highest BCUT2D eigenvalue weighted by atomic mass is 32.1. The largest absolute Gasteiger partial charge is 0.394 e. The van der Waals surface area contributed by atoms with E-state index < -0.39 is 0 Å². The van der Waals surface area contributed by atoms with Crippen molar-refractivity contribution in [3.05, 3.63) is 0 Å². The summed E-state index contributed by atoms with van der Waals surface area (Å²) in [6.45, 7) is 6.93. The molecule has 3 nitrogen and oxygen atoms in total. The maximum Gasteiger partial charge on any atom is 0.223 e. The Morgan fingerprint density at radius 3 is 2.53 bits per heavy atom. The highest BCUT2D eigenvalue weighted by molar-refractivity contribution is 7.80. The van der Waals surface area contributed by atoms with E-state index in [1.165, 1.54) is 0 Å². The molecule has 0 aromatic heterocycles. The van der Waals surface area contributed by atoms with E-state index in [1.807, 2.05) is 4.90 Å². The summed E-state index contributed by atoms with van der Waals surface area (Å²) >= 11 is 4.23. The van der Waals surface area contributed by atoms with Crippen molar-refractivity contribution in [3.63, 3.8) is 0 Å². The van der Waals surface area contributed by atoms with Gasteiger partial charge in [0.15, 0.2) is 0 Å². The molecule has 1 saturated heterocycles. The second kappa shape index (κ2) is 4.74. The van der Waals surface area contributed by atoms with Crippen molar-refractivity contribution >= 4 is 18.5 Å². The summed E-state index contributed by atoms with van der Waals surface area (Å²) in [6, 6.07) is -0.0742. The van der Waals surface area contributed by atoms with Crippen LogP contribution >= 0.6 is 12.6 Å². The van der Waals surface area contributed by atoms with E-state index in [0.29, 0.717) is 12.3 Å². The minimum atomic E-state index is -0.0742. The fraction of sp³-hybridized carbons (Fsp3) is 0.909. The van der Waals surface area contributed by atoms with Crippen LogP contribution in [-0.4, -0.2) is 40.9 Å². The molecule has 0 saturated carbocycles. The zero-order chi connectivity index (χ0) is 11.6. The fourth-order valence-electron chi connectivity index (χ4n) is 2.07. The van der Waals surface area contributed by atoms with Gasteiger partial charge in [-0.3, -0.25) is 4.79 Å². The number of amides is 1. The smallest absolute Gasteiger partial charge is 0.223 e. The molecule has 0 aromatic rings. The van der Waals surface area contributed by atoms with Gasteiger partial charge in [-0.05, 0) is 17.1 Å². The fourth-order valence-corrected chi connectivity index (χ4v) is 2.32. The molecule has 1 aliphatic heterocycles. The molecule has 1 amide bonds. The number of aliphatic hydroxyl groups excluding tert-OH is 1. The van der Waals surface area contributed by atoms with Gasteiger partial charge < -0.3 is 10.0 Å². The summed E-state index contributed by atoms with van der Waals surface area (Å²) in [6.07, 6.45) is 0.579. The predicted molar refractivity (Wildman–Crippen MR) is 64.0 cm³/mol. The molecule has 2 atom stereocenters. The predicted octanol–water partition coefficient (Wildman–Crippen LogP) is 1.17. The number of likely N-dealkylation sites (tertiary alicyclic amines) is 1. The van der Waals surface area contributed by atoms with Crippen molar-refractivity contribution in [2.24, 2.45) is 11.3 Å². The lowest BCUT2D eigenvalue weighted by atomic mass is 9.86. The summed E-state index contributed by atoms with van der Waals surface area (Å²) < 4.78 is 0. The van der Waals surface area contributed by atoms with Crippen LogP contribution in [0.4, 0.5) is 0 Å². The highest BCUT2D eigenvalue weighted by Gasteiger charge is 2.38. The van der Waals surface area contributed by atoms with Gasteiger partial charge in [0, 0.05) is 13.0 Å². The first-order valence-corrected chi connectivity index (χ1v) is 6.04. The van der Waals surface area contributed by atoms with E-state index in [0.717, 1.165) is 12.3 Å². The molecule has 0 bridgehead atoms. The van der Waals surface area contributed by atoms with Crippen LogP contribution in [0.2, 0.25) is 0 Å². The summed E-state index contributed by atoms with van der Waals surface area (Å²) in [5.41, 5.74) is -0.0735. The first-order valence-electron chi connectivity index (χ1n) is 5.41. The Balaban J connectivity index is 2.74. The third-order valence-electron chi connectivity index (χ3n) is 3.05. The molecule has 0 spiro atoms. The van der Waals surface area contributed by atoms with Gasteiger partial charge in [-0.25, -0.2) is 0 Å². The van der Waals surface area contributed by atoms with Gasteiger partial charge >= 0.3 is 0 Å². The first kappa shape index (κ1) is 12.8. The summed E-state index contributed by atoms with van der Waals surface area (Å²) in [5, 5.41) is 9.39. The van der Waals surface area contributed by atoms with Crippen LogP contribution in [-0.2, 0) is 4.79 Å². The minimum Gasteiger partial charge on any atom is -0.394 e. The van der Waals surface area contributed by atoms with Gasteiger partial charge in [-0.2, -0.15) is 12.6 Å². The third-order valence-corrected chi connectivity index (χ3v) is 3.56. The molecule has 0 aromatic carbocycles. The number of aliphatic hydroxyl groups is 1. The molecule has 1 heterocycles. The number of carbonyl (C=O) groups is 1. The van der Waals surface area contributed by atoms with Crippen molar-refractivity contribution in [2.45, 2.75) is 33.2 Å². The Hall–Kier alpha value is -0.220. The molecule has 15 heavy (non-hydrogen) atoms. The van der Waals surface area contributed by atoms with Gasteiger partial charge in [0.2, 0.25) is 5.91 Å². The molecule has 0 aliphatic carbocycles. The molecule has 1 N–H and O–H groups in total. The molecule has 0 radical (unpaired) electrons. The lowest BCUT2D eigenvalue weighted by molar-refractivity contribution is -0.133. The maximum absolute atomic E-state index is 11.8. The van der Waals surface area contributed by atoms with Crippen molar-refractivity contribution < 1.29 is 9.90 Å². The van der Waals surface area contributed by atoms with Gasteiger partial charge in [-0.1, -0.05) is 20.8 Å². The highest BCUT2D eigenvalue weighted by Crippen LogP contribution is 2.30. The van der Waals surface area contributed by atoms with Crippen LogP contribution in [0.5, 0.6) is 0 Å². The quantitative estimate of drug-likeness (QED) is 0.716. The van der Waals surface area contributed by atoms with Crippen LogP contribution in [0.25, 0.3) is 0 Å². The molecular formula is C11H21NO2S. The van der Waals surface area contributed by atoms with Crippen LogP contribution in [0, 0.1) is 11.3 Å². The van der Waals surface area contributed by atoms with E-state index in [9.17, 15) is 9.90 Å². The van der Waals surface area contributed by atoms with Crippen LogP contribution in [0.1, 0.15) is 27.2 Å². The van der Waals surface area contributed by atoms with Gasteiger partial charge in [-0.15, -0.1) is 0 Å². The SMILES string of the molecule is CC(C)(C)[C@@H](CO)N1CC(CS)CC1=O. The molecule has 4 heteroatoms. The number of carbonyl (C=O) groups excluding carboxylic acids is 1. The standard InChI is InChI=1S/C11H21NO2S/c1-11(2,3)9(6-13)12-5-8(7-15)4-10(12)14/h8-9,13,15H,4-7H2,1-3H3/t8?,9-/m1/s1. The molecule has 88 valence electrons. The molecule has 1 fully saturated rings. The van der Waals surface area contributed by atoms with E-state index in [2.05, 4.69) is 33.4 Å². The maximum atomic E-state index is 11.8. The topological polar surface area (TPSA) is 40.5 Å². The number of thiol groups is 1. The van der Waals surface area contributed by atoms with E-state index in [-0.39, 0.29) is 24.0 Å². The summed E-state index contributed by atoms with van der Waals surface area (Å²) in [7, 11) is 0. The van der Waals surface area contributed by atoms with Gasteiger partial charge in [0.25, 0.3) is 0 Å². The average molecular weight is 231 g/mol. The molecular weight excluding hydrogens is 210 g/mol. The number of rotatable bonds is 3. The second-order valence-electron chi connectivity index (χ2n) is 5.36. The average Bonchev–Trinajstić information content (AvgIpc) is 2.46. The Labute approximate surface area is 97.3 Å². The van der Waals surface area contributed by atoms with E-state index in [4.69, 9.17) is 0 Å². The summed E-state index contributed by atoms with van der Waals surface area (Å²) in [4.78, 5) is 13.6. The molecule has 1 unspecified atom stereocenters.